The van der Waals surface area contributed by atoms with Gasteiger partial charge in [-0.05, 0) is 105 Å². The van der Waals surface area contributed by atoms with E-state index in [1.54, 1.807) is 42.6 Å². The van der Waals surface area contributed by atoms with Crippen LogP contribution >= 0.6 is 0 Å². The number of phenolic OH excluding ortho intramolecular Hbond substituents is 1. The van der Waals surface area contributed by atoms with E-state index in [9.17, 15) is 5.11 Å². The van der Waals surface area contributed by atoms with Crippen molar-refractivity contribution in [1.29, 1.82) is 0 Å². The van der Waals surface area contributed by atoms with Crippen molar-refractivity contribution >= 4 is 11.0 Å². The van der Waals surface area contributed by atoms with Gasteiger partial charge in [0, 0.05) is 41.2 Å². The van der Waals surface area contributed by atoms with Crippen LogP contribution < -0.4 is 0 Å². The van der Waals surface area contributed by atoms with E-state index in [1.807, 2.05) is 95.6 Å². The summed E-state index contributed by atoms with van der Waals surface area (Å²) in [4.78, 5) is 10.1. The zero-order valence-corrected chi connectivity index (χ0v) is 38.5. The Kier molecular flexibility index (Phi) is 9.80. The summed E-state index contributed by atoms with van der Waals surface area (Å²) in [5, 5.41) is 11.4. The van der Waals surface area contributed by atoms with E-state index in [2.05, 4.69) is 77.9 Å². The molecule has 5 heteroatoms. The third kappa shape index (κ3) is 8.70. The Hall–Kier alpha value is -6.35. The number of imidazole rings is 1. The van der Waals surface area contributed by atoms with Crippen LogP contribution in [-0.2, 0) is 31.9 Å². The topological polar surface area (TPSA) is 50.9 Å². The summed E-state index contributed by atoms with van der Waals surface area (Å²) >= 11 is 0. The first-order valence-corrected chi connectivity index (χ1v) is 21.0. The number of nitrogens with zero attached hydrogens (tertiary/aromatic N) is 3. The van der Waals surface area contributed by atoms with Crippen molar-refractivity contribution in [3.63, 3.8) is 0 Å². The van der Waals surface area contributed by atoms with Crippen molar-refractivity contribution in [2.45, 2.75) is 66.1 Å². The van der Waals surface area contributed by atoms with E-state index in [4.69, 9.17) is 18.2 Å². The molecule has 316 valence electrons. The van der Waals surface area contributed by atoms with E-state index in [0.29, 0.717) is 33.8 Å². The molecule has 0 fully saturated rings. The van der Waals surface area contributed by atoms with Gasteiger partial charge in [-0.1, -0.05) is 173 Å². The SMILES string of the molecule is [2H]C([2H])([2H])c1ccc(-c2ccnc(-c3[c-]c(-c4cccc5c4nc(-c4ccccc4O)n5-c4ccc(-c5cc(C(C)(C)C)cc(C(C)(C)C)c5)cc4C([2H])([2H])[2H])cc(-c4ccccc4)c3)c2)cc1.[Pt]. The summed E-state index contributed by atoms with van der Waals surface area (Å²) in [5.74, 6) is 0.386. The van der Waals surface area contributed by atoms with Crippen LogP contribution in [0, 0.1) is 19.8 Å². The van der Waals surface area contributed by atoms with Crippen LogP contribution in [0.2, 0.25) is 0 Å². The predicted octanol–water partition coefficient (Wildman–Crippen LogP) is 15.1. The van der Waals surface area contributed by atoms with Gasteiger partial charge in [-0.15, -0.1) is 23.8 Å². The molecule has 4 nitrogen and oxygen atoms in total. The largest absolute Gasteiger partial charge is 0.507 e. The number of hydrogen-bond acceptors (Lipinski definition) is 3. The minimum Gasteiger partial charge on any atom is -0.507 e. The molecule has 0 amide bonds. The zero-order valence-electron chi connectivity index (χ0n) is 42.2. The first-order chi connectivity index (χ1) is 32.1. The minimum absolute atomic E-state index is 0. The molecule has 9 aromatic rings. The molecule has 7 aromatic carbocycles. The second-order valence-corrected chi connectivity index (χ2v) is 18.1. The van der Waals surface area contributed by atoms with E-state index < -0.39 is 13.7 Å². The number of pyridine rings is 1. The summed E-state index contributed by atoms with van der Waals surface area (Å²) in [6, 6.07) is 53.7. The van der Waals surface area contributed by atoms with E-state index in [0.717, 1.165) is 61.2 Å². The van der Waals surface area contributed by atoms with Crippen molar-refractivity contribution in [2.24, 2.45) is 0 Å². The molecular formula is C58H52N3OPt-. The maximum atomic E-state index is 11.4. The molecule has 0 aliphatic rings. The van der Waals surface area contributed by atoms with Gasteiger partial charge >= 0.3 is 0 Å². The van der Waals surface area contributed by atoms with Crippen LogP contribution in [0.3, 0.4) is 0 Å². The average Bonchev–Trinajstić information content (AvgIpc) is 3.70. The molecule has 0 radical (unpaired) electrons. The Morgan fingerprint density at radius 3 is 1.89 bits per heavy atom. The van der Waals surface area contributed by atoms with Crippen LogP contribution in [0.25, 0.3) is 83.9 Å². The van der Waals surface area contributed by atoms with Gasteiger partial charge in [0.2, 0.25) is 0 Å². The normalized spacial score (nSPS) is 13.6. The van der Waals surface area contributed by atoms with Crippen LogP contribution in [0.1, 0.15) is 72.0 Å². The molecule has 1 N–H and O–H groups in total. The van der Waals surface area contributed by atoms with Gasteiger partial charge in [-0.3, -0.25) is 9.55 Å². The molecule has 0 aliphatic heterocycles. The van der Waals surface area contributed by atoms with Crippen molar-refractivity contribution in [3.05, 3.63) is 192 Å². The smallest absolute Gasteiger partial charge is 0.148 e. The van der Waals surface area contributed by atoms with Crippen LogP contribution in [0.4, 0.5) is 0 Å². The Labute approximate surface area is 395 Å². The van der Waals surface area contributed by atoms with Crippen molar-refractivity contribution in [3.8, 4) is 78.6 Å². The zero-order chi connectivity index (χ0) is 48.3. The summed E-state index contributed by atoms with van der Waals surface area (Å²) in [7, 11) is 0. The van der Waals surface area contributed by atoms with Gasteiger partial charge in [0.25, 0.3) is 0 Å². The second-order valence-electron chi connectivity index (χ2n) is 18.1. The Bertz CT molecular complexity index is 3310. The van der Waals surface area contributed by atoms with Gasteiger partial charge in [-0.2, -0.15) is 0 Å². The monoisotopic (exact) mass is 1010 g/mol. The third-order valence-corrected chi connectivity index (χ3v) is 11.6. The number of para-hydroxylation sites is 2. The van der Waals surface area contributed by atoms with Crippen LogP contribution in [0.5, 0.6) is 5.75 Å². The number of phenols is 1. The van der Waals surface area contributed by atoms with E-state index in [-0.39, 0.29) is 48.8 Å². The van der Waals surface area contributed by atoms with Gasteiger partial charge in [0.15, 0.2) is 0 Å². The summed E-state index contributed by atoms with van der Waals surface area (Å²) < 4.78 is 52.3. The van der Waals surface area contributed by atoms with Gasteiger partial charge in [0.05, 0.1) is 22.3 Å². The fourth-order valence-electron chi connectivity index (χ4n) is 8.05. The molecule has 0 bridgehead atoms. The third-order valence-electron chi connectivity index (χ3n) is 11.6. The number of rotatable bonds is 7. The molecule has 2 heterocycles. The fourth-order valence-corrected chi connectivity index (χ4v) is 8.05. The van der Waals surface area contributed by atoms with Gasteiger partial charge in [0.1, 0.15) is 11.6 Å². The first-order valence-electron chi connectivity index (χ1n) is 24.0. The molecule has 0 saturated carbocycles. The van der Waals surface area contributed by atoms with E-state index >= 15 is 0 Å². The number of fused-ring (bicyclic) bond motifs is 1. The molecular weight excluding hydrogens is 950 g/mol. The first kappa shape index (κ1) is 36.2. The molecule has 0 aliphatic carbocycles. The summed E-state index contributed by atoms with van der Waals surface area (Å²) in [5.41, 5.74) is 12.8. The number of aryl methyl sites for hydroxylation is 2. The maximum Gasteiger partial charge on any atom is 0.148 e. The maximum absolute atomic E-state index is 11.4. The Morgan fingerprint density at radius 2 is 1.19 bits per heavy atom. The number of aromatic nitrogens is 3. The molecule has 63 heavy (non-hydrogen) atoms. The molecule has 0 saturated heterocycles. The molecule has 9 rings (SSSR count). The molecule has 0 spiro atoms. The van der Waals surface area contributed by atoms with Crippen molar-refractivity contribution < 1.29 is 34.4 Å². The Balaban J connectivity index is 0.00000642. The summed E-state index contributed by atoms with van der Waals surface area (Å²) in [6.45, 7) is 8.39. The minimum atomic E-state index is -2.53. The number of hydrogen-bond donors (Lipinski definition) is 1. The average molecular weight is 1010 g/mol. The van der Waals surface area contributed by atoms with Crippen LogP contribution in [0.15, 0.2) is 164 Å². The van der Waals surface area contributed by atoms with Crippen molar-refractivity contribution in [2.75, 3.05) is 0 Å². The molecule has 2 aromatic heterocycles. The quantitative estimate of drug-likeness (QED) is 0.162. The second kappa shape index (κ2) is 17.1. The fraction of sp³-hybridized carbons (Fsp3) is 0.172. The molecule has 0 unspecified atom stereocenters. The van der Waals surface area contributed by atoms with Gasteiger partial charge in [-0.25, -0.2) is 4.98 Å². The number of aromatic hydroxyl groups is 1. The molecule has 0 atom stereocenters. The Morgan fingerprint density at radius 1 is 0.556 bits per heavy atom. The van der Waals surface area contributed by atoms with Gasteiger partial charge < -0.3 is 5.11 Å². The standard InChI is InChI=1S/C58H52N3O.Pt/c1-37-21-23-40(24-22-37)42-27-28-59-51(35-42)46-31-43(39-15-10-9-11-16-39)30-45(32-46)49-18-14-19-53-55(49)60-56(50-17-12-13-20-54(50)62)61(53)52-26-25-41(29-38(52)2)44-33-47(57(3,4)5)36-48(34-44)58(6,7)8;/h9-31,33-36,62H,1-8H3;/q-1;/i1D3,2D3;. The van der Waals surface area contributed by atoms with E-state index in [1.165, 1.54) is 0 Å². The van der Waals surface area contributed by atoms with Crippen molar-refractivity contribution in [1.82, 2.24) is 14.5 Å². The number of benzene rings is 7. The predicted molar refractivity (Wildman–Crippen MR) is 259 cm³/mol. The summed E-state index contributed by atoms with van der Waals surface area (Å²) in [6.07, 6.45) is 1.74. The van der Waals surface area contributed by atoms with Crippen LogP contribution in [-0.4, -0.2) is 19.6 Å².